The Bertz CT molecular complexity index is 127. The van der Waals surface area contributed by atoms with Crippen LogP contribution in [0, 0.1) is 5.41 Å². The molecule has 0 aliphatic rings. The van der Waals surface area contributed by atoms with Gasteiger partial charge in [0.05, 0.1) is 0 Å². The fraction of sp³-hybridized carbons (Fsp3) is 0.923. The van der Waals surface area contributed by atoms with Crippen LogP contribution in [0.1, 0.15) is 66.7 Å². The maximum Gasteiger partial charge on any atom is 0.207 e. The van der Waals surface area contributed by atoms with E-state index in [0.29, 0.717) is 5.41 Å². The summed E-state index contributed by atoms with van der Waals surface area (Å²) >= 11 is 0. The standard InChI is InChI=1S/C11H23NO.C2H6/c1-11(2,3)8-6-4-5-7-9-12-10-13;1-2/h10H,4-9H2,1-3H3,(H,12,13);1-2H3. The summed E-state index contributed by atoms with van der Waals surface area (Å²) in [5.41, 5.74) is 0.473. The molecule has 0 fully saturated rings. The molecule has 2 heteroatoms. The van der Waals surface area contributed by atoms with Crippen molar-refractivity contribution in [2.75, 3.05) is 6.54 Å². The number of amides is 1. The third kappa shape index (κ3) is 19.8. The smallest absolute Gasteiger partial charge is 0.207 e. The molecule has 92 valence electrons. The predicted octanol–water partition coefficient (Wildman–Crippen LogP) is 3.76. The molecule has 0 saturated carbocycles. The Morgan fingerprint density at radius 2 is 1.53 bits per heavy atom. The highest BCUT2D eigenvalue weighted by Gasteiger charge is 2.08. The summed E-state index contributed by atoms with van der Waals surface area (Å²) in [5.74, 6) is 0. The number of hydrogen-bond acceptors (Lipinski definition) is 1. The Morgan fingerprint density at radius 1 is 1.00 bits per heavy atom. The molecule has 0 bridgehead atoms. The van der Waals surface area contributed by atoms with E-state index in [-0.39, 0.29) is 0 Å². The van der Waals surface area contributed by atoms with Gasteiger partial charge in [0, 0.05) is 6.54 Å². The van der Waals surface area contributed by atoms with E-state index in [1.807, 2.05) is 13.8 Å². The minimum Gasteiger partial charge on any atom is -0.359 e. The molecule has 0 heterocycles. The molecule has 0 aliphatic carbocycles. The number of unbranched alkanes of at least 4 members (excludes halogenated alkanes) is 3. The zero-order chi connectivity index (χ0) is 12.2. The van der Waals surface area contributed by atoms with Crippen molar-refractivity contribution in [3.63, 3.8) is 0 Å². The summed E-state index contributed by atoms with van der Waals surface area (Å²) in [5, 5.41) is 2.67. The topological polar surface area (TPSA) is 29.1 Å². The Kier molecular flexibility index (Phi) is 13.0. The van der Waals surface area contributed by atoms with Crippen LogP contribution in [-0.2, 0) is 4.79 Å². The minimum atomic E-state index is 0.473. The molecule has 0 atom stereocenters. The van der Waals surface area contributed by atoms with Gasteiger partial charge >= 0.3 is 0 Å². The molecule has 2 nitrogen and oxygen atoms in total. The van der Waals surface area contributed by atoms with Gasteiger partial charge in [0.25, 0.3) is 0 Å². The number of carbonyl (C=O) groups excluding carboxylic acids is 1. The van der Waals surface area contributed by atoms with E-state index >= 15 is 0 Å². The van der Waals surface area contributed by atoms with Gasteiger partial charge in [0.2, 0.25) is 6.41 Å². The summed E-state index contributed by atoms with van der Waals surface area (Å²) in [4.78, 5) is 9.91. The van der Waals surface area contributed by atoms with Crippen molar-refractivity contribution < 1.29 is 4.79 Å². The van der Waals surface area contributed by atoms with Gasteiger partial charge in [-0.2, -0.15) is 0 Å². The van der Waals surface area contributed by atoms with Crippen LogP contribution in [0.15, 0.2) is 0 Å². The maximum atomic E-state index is 9.91. The fourth-order valence-corrected chi connectivity index (χ4v) is 1.29. The molecular weight excluding hydrogens is 186 g/mol. The van der Waals surface area contributed by atoms with E-state index in [1.54, 1.807) is 0 Å². The fourth-order valence-electron chi connectivity index (χ4n) is 1.29. The SMILES string of the molecule is CC.CC(C)(C)CCCCCCNC=O. The highest BCUT2D eigenvalue weighted by Crippen LogP contribution is 2.22. The molecule has 0 saturated heterocycles. The Morgan fingerprint density at radius 3 is 2.00 bits per heavy atom. The van der Waals surface area contributed by atoms with E-state index in [0.717, 1.165) is 19.4 Å². The molecular formula is C13H29NO. The molecule has 0 aromatic rings. The van der Waals surface area contributed by atoms with Gasteiger partial charge in [0.15, 0.2) is 0 Å². The molecule has 0 aliphatic heterocycles. The third-order valence-corrected chi connectivity index (χ3v) is 2.08. The average molecular weight is 215 g/mol. The van der Waals surface area contributed by atoms with Gasteiger partial charge in [-0.25, -0.2) is 0 Å². The Hall–Kier alpha value is -0.530. The summed E-state index contributed by atoms with van der Waals surface area (Å²) in [6.45, 7) is 11.7. The lowest BCUT2D eigenvalue weighted by Crippen LogP contribution is -2.11. The van der Waals surface area contributed by atoms with Crippen molar-refractivity contribution in [1.29, 1.82) is 0 Å². The molecule has 1 amide bonds. The lowest BCUT2D eigenvalue weighted by Gasteiger charge is -2.17. The van der Waals surface area contributed by atoms with Crippen molar-refractivity contribution in [2.24, 2.45) is 5.41 Å². The first-order valence-corrected chi connectivity index (χ1v) is 6.23. The largest absolute Gasteiger partial charge is 0.359 e. The number of carbonyl (C=O) groups is 1. The normalized spacial score (nSPS) is 10.2. The van der Waals surface area contributed by atoms with Crippen LogP contribution in [0.2, 0.25) is 0 Å². The third-order valence-electron chi connectivity index (χ3n) is 2.08. The van der Waals surface area contributed by atoms with Crippen LogP contribution >= 0.6 is 0 Å². The second-order valence-corrected chi connectivity index (χ2v) is 4.80. The average Bonchev–Trinajstić information content (AvgIpc) is 2.18. The highest BCUT2D eigenvalue weighted by atomic mass is 16.1. The molecule has 0 rings (SSSR count). The lowest BCUT2D eigenvalue weighted by molar-refractivity contribution is -0.109. The van der Waals surface area contributed by atoms with Crippen molar-refractivity contribution >= 4 is 6.41 Å². The Balaban J connectivity index is 0. The first-order valence-electron chi connectivity index (χ1n) is 6.23. The lowest BCUT2D eigenvalue weighted by atomic mass is 9.89. The maximum absolute atomic E-state index is 9.91. The molecule has 0 unspecified atom stereocenters. The molecule has 15 heavy (non-hydrogen) atoms. The van der Waals surface area contributed by atoms with Crippen LogP contribution in [0.4, 0.5) is 0 Å². The first kappa shape index (κ1) is 16.9. The van der Waals surface area contributed by atoms with Gasteiger partial charge in [-0.05, 0) is 18.3 Å². The zero-order valence-electron chi connectivity index (χ0n) is 11.2. The first-order chi connectivity index (χ1) is 7.06. The minimum absolute atomic E-state index is 0.473. The van der Waals surface area contributed by atoms with E-state index in [1.165, 1.54) is 25.7 Å². The molecule has 0 aromatic heterocycles. The summed E-state index contributed by atoms with van der Waals surface area (Å²) in [6.07, 6.45) is 7.02. The van der Waals surface area contributed by atoms with Crippen molar-refractivity contribution in [1.82, 2.24) is 5.32 Å². The molecule has 1 N–H and O–H groups in total. The molecule has 0 spiro atoms. The van der Waals surface area contributed by atoms with Crippen LogP contribution < -0.4 is 5.32 Å². The van der Waals surface area contributed by atoms with E-state index < -0.39 is 0 Å². The summed E-state index contributed by atoms with van der Waals surface area (Å²) < 4.78 is 0. The van der Waals surface area contributed by atoms with Gasteiger partial charge in [-0.1, -0.05) is 53.9 Å². The van der Waals surface area contributed by atoms with Crippen LogP contribution in [0.3, 0.4) is 0 Å². The van der Waals surface area contributed by atoms with Gasteiger partial charge in [0.1, 0.15) is 0 Å². The van der Waals surface area contributed by atoms with Crippen molar-refractivity contribution in [3.05, 3.63) is 0 Å². The monoisotopic (exact) mass is 215 g/mol. The number of hydrogen-bond donors (Lipinski definition) is 1. The second kappa shape index (κ2) is 11.5. The summed E-state index contributed by atoms with van der Waals surface area (Å²) in [6, 6.07) is 0. The van der Waals surface area contributed by atoms with Crippen molar-refractivity contribution in [3.8, 4) is 0 Å². The van der Waals surface area contributed by atoms with Gasteiger partial charge in [-0.15, -0.1) is 0 Å². The van der Waals surface area contributed by atoms with E-state index in [4.69, 9.17) is 0 Å². The molecule has 0 radical (unpaired) electrons. The van der Waals surface area contributed by atoms with E-state index in [9.17, 15) is 4.79 Å². The van der Waals surface area contributed by atoms with Crippen LogP contribution in [0.5, 0.6) is 0 Å². The van der Waals surface area contributed by atoms with Crippen LogP contribution in [0.25, 0.3) is 0 Å². The highest BCUT2D eigenvalue weighted by molar-refractivity contribution is 5.45. The second-order valence-electron chi connectivity index (χ2n) is 4.80. The quantitative estimate of drug-likeness (QED) is 0.508. The zero-order valence-corrected chi connectivity index (χ0v) is 11.2. The Labute approximate surface area is 95.8 Å². The van der Waals surface area contributed by atoms with Crippen LogP contribution in [-0.4, -0.2) is 13.0 Å². The van der Waals surface area contributed by atoms with Crippen molar-refractivity contribution in [2.45, 2.75) is 66.7 Å². The molecule has 0 aromatic carbocycles. The van der Waals surface area contributed by atoms with E-state index in [2.05, 4.69) is 26.1 Å². The summed E-state index contributed by atoms with van der Waals surface area (Å²) in [7, 11) is 0. The van der Waals surface area contributed by atoms with Gasteiger partial charge < -0.3 is 5.32 Å². The number of rotatable bonds is 7. The van der Waals surface area contributed by atoms with Gasteiger partial charge in [-0.3, -0.25) is 4.79 Å². The number of nitrogens with one attached hydrogen (secondary N) is 1. The predicted molar refractivity (Wildman–Crippen MR) is 68.0 cm³/mol.